The first kappa shape index (κ1) is 35.5. The molecule has 4 aromatic heterocycles. The first-order valence-electron chi connectivity index (χ1n) is 14.6. The first-order valence-corrected chi connectivity index (χ1v) is 14.6. The zero-order valence-electron chi connectivity index (χ0n) is 25.5. The van der Waals surface area contributed by atoms with Gasteiger partial charge in [-0.3, -0.25) is 9.97 Å². The summed E-state index contributed by atoms with van der Waals surface area (Å²) >= 11 is 0. The summed E-state index contributed by atoms with van der Waals surface area (Å²) in [5, 5.41) is 1.58. The average Bonchev–Trinajstić information content (AvgIpc) is 3.41. The predicted octanol–water partition coefficient (Wildman–Crippen LogP) is 9.03. The van der Waals surface area contributed by atoms with Gasteiger partial charge < -0.3 is 14.0 Å². The second-order valence-electron chi connectivity index (χ2n) is 10.6. The number of pyridine rings is 2. The van der Waals surface area contributed by atoms with E-state index in [0.717, 1.165) is 35.3 Å². The number of benzene rings is 4. The first-order chi connectivity index (χ1) is 23.9. The average molecular weight is 864 g/mol. The third kappa shape index (κ3) is 7.16. The molecule has 0 fully saturated rings. The van der Waals surface area contributed by atoms with Gasteiger partial charge in [-0.1, -0.05) is 23.2 Å². The van der Waals surface area contributed by atoms with Crippen molar-refractivity contribution in [3.05, 3.63) is 151 Å². The molecule has 0 atom stereocenters. The molecule has 4 aromatic carbocycles. The van der Waals surface area contributed by atoms with Gasteiger partial charge in [0.15, 0.2) is 0 Å². The van der Waals surface area contributed by atoms with Crippen LogP contribution >= 0.6 is 0 Å². The standard InChI is InChI=1S/C38H17F4N5O2.2Pd/c39-24-16-32(41)36(45-20-24)22-4-1-6-26(14-22)48-28-8-10-30-31-11-9-29(19-35(31)47(34(30)18-28)38-43-12-3-13-44-38)49-27-7-2-5-23(15-27)37-33(42)17-25(40)21-46-37;;/h1-13,16-17,20-21H;;/q-4;2*+2. The molecule has 7 nitrogen and oxygen atoms in total. The summed E-state index contributed by atoms with van der Waals surface area (Å²) in [6.45, 7) is 0. The van der Waals surface area contributed by atoms with Gasteiger partial charge in [0.25, 0.3) is 0 Å². The van der Waals surface area contributed by atoms with Crippen LogP contribution < -0.4 is 9.47 Å². The van der Waals surface area contributed by atoms with Gasteiger partial charge in [0.2, 0.25) is 5.95 Å². The number of hydrogen-bond acceptors (Lipinski definition) is 6. The van der Waals surface area contributed by atoms with Crippen LogP contribution in [-0.4, -0.2) is 24.5 Å². The molecular formula is C38H17F4N5O2Pd2. The maximum atomic E-state index is 14.4. The Morgan fingerprint density at radius 2 is 0.961 bits per heavy atom. The third-order valence-corrected chi connectivity index (χ3v) is 7.39. The van der Waals surface area contributed by atoms with Crippen molar-refractivity contribution in [2.75, 3.05) is 0 Å². The van der Waals surface area contributed by atoms with E-state index in [2.05, 4.69) is 44.2 Å². The van der Waals surface area contributed by atoms with Gasteiger partial charge in [-0.05, 0) is 6.07 Å². The monoisotopic (exact) mass is 863 g/mol. The molecule has 254 valence electrons. The number of ether oxygens (including phenoxy) is 2. The predicted molar refractivity (Wildman–Crippen MR) is 171 cm³/mol. The molecule has 0 unspecified atom stereocenters. The minimum Gasteiger partial charge on any atom is -0.503 e. The summed E-state index contributed by atoms with van der Waals surface area (Å²) in [6, 6.07) is 32.6. The van der Waals surface area contributed by atoms with Crippen LogP contribution in [0.15, 0.2) is 104 Å². The minimum atomic E-state index is -0.822. The van der Waals surface area contributed by atoms with Crippen LogP contribution in [0.25, 0.3) is 50.3 Å². The summed E-state index contributed by atoms with van der Waals surface area (Å²) in [5.41, 5.74) is 1.58. The second kappa shape index (κ2) is 14.9. The van der Waals surface area contributed by atoms with Crippen LogP contribution in [-0.2, 0) is 40.8 Å². The minimum absolute atomic E-state index is 0. The molecule has 4 heterocycles. The van der Waals surface area contributed by atoms with Crippen LogP contribution in [0, 0.1) is 47.5 Å². The zero-order chi connectivity index (χ0) is 33.5. The molecule has 0 aliphatic rings. The normalized spacial score (nSPS) is 10.8. The Labute approximate surface area is 315 Å². The van der Waals surface area contributed by atoms with E-state index in [9.17, 15) is 17.6 Å². The topological polar surface area (TPSA) is 75.0 Å². The molecule has 51 heavy (non-hydrogen) atoms. The van der Waals surface area contributed by atoms with E-state index in [4.69, 9.17) is 9.47 Å². The SMILES string of the molecule is Fc1cnc(-c2[c-]c(Oc3[c-]c4c(cc3)c3ccc(Oc5[c-]c(-c6ncc(F)cc6F)ccc5)[c-]c3n4-c3ncccn3)ccc2)c(F)c1.[Pd+2].[Pd+2]. The van der Waals surface area contributed by atoms with Gasteiger partial charge in [0.05, 0.1) is 12.4 Å². The molecule has 0 saturated carbocycles. The van der Waals surface area contributed by atoms with Crippen LogP contribution in [0.1, 0.15) is 0 Å². The maximum absolute atomic E-state index is 14.4. The molecule has 8 rings (SSSR count). The van der Waals surface area contributed by atoms with Crippen molar-refractivity contribution in [1.82, 2.24) is 24.5 Å². The van der Waals surface area contributed by atoms with Gasteiger partial charge in [0.1, 0.15) is 23.3 Å². The smallest absolute Gasteiger partial charge is 0.503 e. The fraction of sp³-hybridized carbons (Fsp3) is 0. The number of rotatable bonds is 7. The van der Waals surface area contributed by atoms with E-state index in [-0.39, 0.29) is 74.9 Å². The van der Waals surface area contributed by atoms with Crippen molar-refractivity contribution < 1.29 is 67.9 Å². The fourth-order valence-electron chi connectivity index (χ4n) is 5.31. The van der Waals surface area contributed by atoms with Crippen molar-refractivity contribution in [3.63, 3.8) is 0 Å². The van der Waals surface area contributed by atoms with E-state index in [1.54, 1.807) is 71.6 Å². The van der Waals surface area contributed by atoms with E-state index < -0.39 is 23.3 Å². The van der Waals surface area contributed by atoms with Crippen molar-refractivity contribution in [2.45, 2.75) is 0 Å². The van der Waals surface area contributed by atoms with Gasteiger partial charge in [-0.2, -0.15) is 22.9 Å². The Bertz CT molecular complexity index is 2380. The molecule has 0 aliphatic carbocycles. The summed E-state index contributed by atoms with van der Waals surface area (Å²) in [6.07, 6.45) is 5.07. The van der Waals surface area contributed by atoms with Gasteiger partial charge in [-0.25, -0.2) is 27.5 Å². The Balaban J connectivity index is 0.00000224. The Morgan fingerprint density at radius 1 is 0.510 bits per heavy atom. The summed E-state index contributed by atoms with van der Waals surface area (Å²) < 4.78 is 69.6. The number of hydrogen-bond donors (Lipinski definition) is 0. The summed E-state index contributed by atoms with van der Waals surface area (Å²) in [4.78, 5) is 16.6. The Morgan fingerprint density at radius 3 is 1.41 bits per heavy atom. The molecule has 0 N–H and O–H groups in total. The van der Waals surface area contributed by atoms with Crippen molar-refractivity contribution >= 4 is 21.8 Å². The van der Waals surface area contributed by atoms with E-state index >= 15 is 0 Å². The molecule has 0 radical (unpaired) electrons. The Hall–Kier alpha value is -5.30. The Kier molecular flexibility index (Phi) is 10.4. The molecular weight excluding hydrogens is 847 g/mol. The van der Waals surface area contributed by atoms with E-state index in [0.29, 0.717) is 28.5 Å². The van der Waals surface area contributed by atoms with Crippen molar-refractivity contribution in [1.29, 1.82) is 0 Å². The van der Waals surface area contributed by atoms with Crippen LogP contribution in [0.2, 0.25) is 0 Å². The number of halogens is 4. The second-order valence-corrected chi connectivity index (χ2v) is 10.6. The summed E-state index contributed by atoms with van der Waals surface area (Å²) in [7, 11) is 0. The largest absolute Gasteiger partial charge is 2.00 e. The number of fused-ring (bicyclic) bond motifs is 3. The molecule has 13 heteroatoms. The molecule has 0 amide bonds. The van der Waals surface area contributed by atoms with Crippen LogP contribution in [0.5, 0.6) is 23.0 Å². The quantitative estimate of drug-likeness (QED) is 0.0906. The third-order valence-electron chi connectivity index (χ3n) is 7.39. The maximum Gasteiger partial charge on any atom is 2.00 e. The molecule has 8 aromatic rings. The summed E-state index contributed by atoms with van der Waals surface area (Å²) in [5.74, 6) is -1.72. The van der Waals surface area contributed by atoms with Gasteiger partial charge in [0, 0.05) is 58.9 Å². The van der Waals surface area contributed by atoms with Gasteiger partial charge >= 0.3 is 40.8 Å². The zero-order valence-corrected chi connectivity index (χ0v) is 28.6. The molecule has 0 bridgehead atoms. The number of aromatic nitrogens is 5. The van der Waals surface area contributed by atoms with Crippen molar-refractivity contribution in [3.8, 4) is 51.5 Å². The fourth-order valence-corrected chi connectivity index (χ4v) is 5.31. The van der Waals surface area contributed by atoms with Crippen molar-refractivity contribution in [2.24, 2.45) is 0 Å². The molecule has 0 spiro atoms. The van der Waals surface area contributed by atoms with Gasteiger partial charge in [-0.15, -0.1) is 71.8 Å². The molecule has 0 saturated heterocycles. The number of nitrogens with zero attached hydrogens (tertiary/aromatic N) is 5. The van der Waals surface area contributed by atoms with E-state index in [1.807, 2.05) is 12.1 Å². The van der Waals surface area contributed by atoms with E-state index in [1.165, 1.54) is 0 Å². The molecule has 0 aliphatic heterocycles. The van der Waals surface area contributed by atoms with Crippen LogP contribution in [0.3, 0.4) is 0 Å². The van der Waals surface area contributed by atoms with Crippen LogP contribution in [0.4, 0.5) is 17.6 Å².